The molecule has 0 saturated heterocycles. The van der Waals surface area contributed by atoms with Crippen molar-refractivity contribution in [3.63, 3.8) is 0 Å². The molecule has 1 aromatic heterocycles. The minimum absolute atomic E-state index is 0.646. The zero-order chi connectivity index (χ0) is 11.5. The van der Waals surface area contributed by atoms with E-state index < -0.39 is 0 Å². The van der Waals surface area contributed by atoms with Gasteiger partial charge in [-0.05, 0) is 25.7 Å². The summed E-state index contributed by atoms with van der Waals surface area (Å²) in [5.41, 5.74) is 6.87. The Balaban J connectivity index is 2.10. The van der Waals surface area contributed by atoms with Crippen molar-refractivity contribution in [1.29, 1.82) is 0 Å². The van der Waals surface area contributed by atoms with Gasteiger partial charge < -0.3 is 5.73 Å². The van der Waals surface area contributed by atoms with Crippen molar-refractivity contribution in [2.24, 2.45) is 11.7 Å². The van der Waals surface area contributed by atoms with E-state index in [1.165, 1.54) is 42.0 Å². The molecule has 2 nitrogen and oxygen atoms in total. The van der Waals surface area contributed by atoms with Gasteiger partial charge in [0.05, 0.1) is 10.7 Å². The van der Waals surface area contributed by atoms with Gasteiger partial charge in [0, 0.05) is 17.3 Å². The topological polar surface area (TPSA) is 38.9 Å². The second-order valence-corrected chi connectivity index (χ2v) is 6.02. The zero-order valence-electron chi connectivity index (χ0n) is 10.3. The Kier molecular flexibility index (Phi) is 3.98. The monoisotopic (exact) mass is 238 g/mol. The van der Waals surface area contributed by atoms with Crippen molar-refractivity contribution in [3.05, 3.63) is 15.6 Å². The first-order valence-corrected chi connectivity index (χ1v) is 7.22. The molecule has 0 bridgehead atoms. The van der Waals surface area contributed by atoms with Gasteiger partial charge in [-0.15, -0.1) is 11.3 Å². The SMILES string of the molecule is CCC1CCCC(c2nc(C)c(CN)s2)C1. The molecule has 1 aliphatic carbocycles. The molecule has 3 heteroatoms. The third-order valence-electron chi connectivity index (χ3n) is 3.80. The number of nitrogens with zero attached hydrogens (tertiary/aromatic N) is 1. The third-order valence-corrected chi connectivity index (χ3v) is 5.15. The minimum atomic E-state index is 0.646. The van der Waals surface area contributed by atoms with Crippen LogP contribution in [0.4, 0.5) is 0 Å². The van der Waals surface area contributed by atoms with Crippen LogP contribution in [0.15, 0.2) is 0 Å². The maximum Gasteiger partial charge on any atom is 0.0962 e. The lowest BCUT2D eigenvalue weighted by atomic mass is 9.80. The second kappa shape index (κ2) is 5.28. The van der Waals surface area contributed by atoms with Gasteiger partial charge in [-0.2, -0.15) is 0 Å². The number of aromatic nitrogens is 1. The first kappa shape index (κ1) is 12.1. The summed E-state index contributed by atoms with van der Waals surface area (Å²) >= 11 is 1.84. The summed E-state index contributed by atoms with van der Waals surface area (Å²) in [6.45, 7) is 5.04. The molecule has 0 spiro atoms. The Bertz CT molecular complexity index is 346. The predicted octanol–water partition coefficient (Wildman–Crippen LogP) is 3.59. The summed E-state index contributed by atoms with van der Waals surface area (Å²) in [5, 5.41) is 1.34. The molecule has 1 aliphatic rings. The van der Waals surface area contributed by atoms with Crippen LogP contribution in [0.2, 0.25) is 0 Å². The highest BCUT2D eigenvalue weighted by atomic mass is 32.1. The average Bonchev–Trinajstić information content (AvgIpc) is 2.71. The van der Waals surface area contributed by atoms with Crippen molar-refractivity contribution >= 4 is 11.3 Å². The summed E-state index contributed by atoms with van der Waals surface area (Å²) in [5.74, 6) is 1.63. The normalized spacial score (nSPS) is 25.9. The molecule has 2 unspecified atom stereocenters. The predicted molar refractivity (Wildman–Crippen MR) is 69.7 cm³/mol. The van der Waals surface area contributed by atoms with Gasteiger partial charge in [0.15, 0.2) is 0 Å². The summed E-state index contributed by atoms with van der Waals surface area (Å²) in [4.78, 5) is 5.98. The molecule has 1 heterocycles. The van der Waals surface area contributed by atoms with Gasteiger partial charge in [0.2, 0.25) is 0 Å². The van der Waals surface area contributed by atoms with Crippen LogP contribution in [0.5, 0.6) is 0 Å². The minimum Gasteiger partial charge on any atom is -0.326 e. The smallest absolute Gasteiger partial charge is 0.0962 e. The molecule has 1 aromatic rings. The Morgan fingerprint density at radius 3 is 2.88 bits per heavy atom. The molecule has 0 radical (unpaired) electrons. The van der Waals surface area contributed by atoms with E-state index in [-0.39, 0.29) is 0 Å². The van der Waals surface area contributed by atoms with Gasteiger partial charge in [-0.3, -0.25) is 0 Å². The van der Waals surface area contributed by atoms with Gasteiger partial charge in [-0.25, -0.2) is 4.98 Å². The molecule has 2 rings (SSSR count). The lowest BCUT2D eigenvalue weighted by Crippen LogP contribution is -2.13. The molecule has 0 aliphatic heterocycles. The summed E-state index contributed by atoms with van der Waals surface area (Å²) < 4.78 is 0. The van der Waals surface area contributed by atoms with Crippen LogP contribution in [0.3, 0.4) is 0 Å². The highest BCUT2D eigenvalue weighted by molar-refractivity contribution is 7.11. The molecule has 0 aromatic carbocycles. The summed E-state index contributed by atoms with van der Waals surface area (Å²) in [6, 6.07) is 0. The summed E-state index contributed by atoms with van der Waals surface area (Å²) in [6.07, 6.45) is 6.78. The quantitative estimate of drug-likeness (QED) is 0.874. The highest BCUT2D eigenvalue weighted by Gasteiger charge is 2.24. The Labute approximate surface area is 102 Å². The molecule has 16 heavy (non-hydrogen) atoms. The standard InChI is InChI=1S/C13H22N2S/c1-3-10-5-4-6-11(7-10)13-15-9(2)12(8-14)16-13/h10-11H,3-8,14H2,1-2H3. The van der Waals surface area contributed by atoms with E-state index in [2.05, 4.69) is 13.8 Å². The largest absolute Gasteiger partial charge is 0.326 e. The number of hydrogen-bond acceptors (Lipinski definition) is 3. The Hall–Kier alpha value is -0.410. The number of thiazole rings is 1. The fraction of sp³-hybridized carbons (Fsp3) is 0.769. The second-order valence-electron chi connectivity index (χ2n) is 4.90. The lowest BCUT2D eigenvalue weighted by molar-refractivity contribution is 0.314. The first-order valence-electron chi connectivity index (χ1n) is 6.40. The van der Waals surface area contributed by atoms with Gasteiger partial charge in [-0.1, -0.05) is 26.2 Å². The van der Waals surface area contributed by atoms with E-state index in [1.807, 2.05) is 11.3 Å². The number of hydrogen-bond donors (Lipinski definition) is 1. The molecular formula is C13H22N2S. The van der Waals surface area contributed by atoms with Crippen LogP contribution in [0, 0.1) is 12.8 Å². The molecular weight excluding hydrogens is 216 g/mol. The van der Waals surface area contributed by atoms with Gasteiger partial charge in [0.1, 0.15) is 0 Å². The molecule has 90 valence electrons. The first-order chi connectivity index (χ1) is 7.74. The number of rotatable bonds is 3. The molecule has 1 fully saturated rings. The fourth-order valence-electron chi connectivity index (χ4n) is 2.70. The van der Waals surface area contributed by atoms with Crippen LogP contribution in [-0.4, -0.2) is 4.98 Å². The highest BCUT2D eigenvalue weighted by Crippen LogP contribution is 2.39. The van der Waals surface area contributed by atoms with E-state index in [0.717, 1.165) is 11.6 Å². The van der Waals surface area contributed by atoms with Crippen LogP contribution >= 0.6 is 11.3 Å². The maximum atomic E-state index is 5.72. The Morgan fingerprint density at radius 1 is 1.44 bits per heavy atom. The zero-order valence-corrected chi connectivity index (χ0v) is 11.1. The van der Waals surface area contributed by atoms with Crippen LogP contribution in [0.25, 0.3) is 0 Å². The average molecular weight is 238 g/mol. The van der Waals surface area contributed by atoms with Crippen molar-refractivity contribution in [3.8, 4) is 0 Å². The summed E-state index contributed by atoms with van der Waals surface area (Å²) in [7, 11) is 0. The van der Waals surface area contributed by atoms with E-state index in [1.54, 1.807) is 0 Å². The number of aryl methyl sites for hydroxylation is 1. The van der Waals surface area contributed by atoms with Gasteiger partial charge >= 0.3 is 0 Å². The van der Waals surface area contributed by atoms with Crippen molar-refractivity contribution in [2.75, 3.05) is 0 Å². The van der Waals surface area contributed by atoms with E-state index >= 15 is 0 Å². The van der Waals surface area contributed by atoms with Crippen LogP contribution in [-0.2, 0) is 6.54 Å². The van der Waals surface area contributed by atoms with Crippen molar-refractivity contribution in [2.45, 2.75) is 58.4 Å². The van der Waals surface area contributed by atoms with Crippen molar-refractivity contribution in [1.82, 2.24) is 4.98 Å². The van der Waals surface area contributed by atoms with E-state index in [0.29, 0.717) is 12.5 Å². The van der Waals surface area contributed by atoms with E-state index in [4.69, 9.17) is 10.7 Å². The van der Waals surface area contributed by atoms with E-state index in [9.17, 15) is 0 Å². The molecule has 2 N–H and O–H groups in total. The fourth-order valence-corrected chi connectivity index (χ4v) is 3.79. The maximum absolute atomic E-state index is 5.72. The number of nitrogens with two attached hydrogens (primary N) is 1. The third kappa shape index (κ3) is 2.46. The van der Waals surface area contributed by atoms with Crippen LogP contribution < -0.4 is 5.73 Å². The molecule has 1 saturated carbocycles. The van der Waals surface area contributed by atoms with Gasteiger partial charge in [0.25, 0.3) is 0 Å². The van der Waals surface area contributed by atoms with Crippen LogP contribution in [0.1, 0.15) is 60.5 Å². The lowest BCUT2D eigenvalue weighted by Gasteiger charge is -2.26. The molecule has 2 atom stereocenters. The molecule has 0 amide bonds. The van der Waals surface area contributed by atoms with Crippen molar-refractivity contribution < 1.29 is 0 Å². The Morgan fingerprint density at radius 2 is 2.25 bits per heavy atom.